The standard InChI is InChI=1S/C18H20N2O4S/c1-20(2)25(22,23)17-6-4-5-15(13-17)19-18(21)12-9-14-7-10-16(24-3)11-8-14/h4-13H,1-3H3,(H,19,21). The Morgan fingerprint density at radius 1 is 1.12 bits per heavy atom. The van der Waals surface area contributed by atoms with Crippen molar-refractivity contribution in [2.75, 3.05) is 26.5 Å². The molecule has 0 radical (unpaired) electrons. The van der Waals surface area contributed by atoms with Gasteiger partial charge in [-0.25, -0.2) is 12.7 Å². The molecule has 132 valence electrons. The van der Waals surface area contributed by atoms with Gasteiger partial charge in [-0.1, -0.05) is 18.2 Å². The van der Waals surface area contributed by atoms with Gasteiger partial charge in [-0.3, -0.25) is 4.79 Å². The predicted molar refractivity (Wildman–Crippen MR) is 98.0 cm³/mol. The van der Waals surface area contributed by atoms with Gasteiger partial charge in [-0.2, -0.15) is 0 Å². The van der Waals surface area contributed by atoms with Crippen molar-refractivity contribution in [2.45, 2.75) is 4.90 Å². The normalized spacial score (nSPS) is 11.7. The summed E-state index contributed by atoms with van der Waals surface area (Å²) in [6.07, 6.45) is 3.05. The molecule has 0 atom stereocenters. The van der Waals surface area contributed by atoms with Gasteiger partial charge in [-0.15, -0.1) is 0 Å². The number of nitrogens with zero attached hydrogens (tertiary/aromatic N) is 1. The summed E-state index contributed by atoms with van der Waals surface area (Å²) < 4.78 is 30.4. The lowest BCUT2D eigenvalue weighted by molar-refractivity contribution is -0.111. The van der Waals surface area contributed by atoms with Crippen LogP contribution in [0.2, 0.25) is 0 Å². The molecule has 2 aromatic carbocycles. The molecule has 7 heteroatoms. The molecular weight excluding hydrogens is 340 g/mol. The highest BCUT2D eigenvalue weighted by Crippen LogP contribution is 2.18. The monoisotopic (exact) mass is 360 g/mol. The van der Waals surface area contributed by atoms with Crippen molar-refractivity contribution in [1.29, 1.82) is 0 Å². The number of rotatable bonds is 6. The number of sulfonamides is 1. The molecule has 0 fully saturated rings. The Bertz CT molecular complexity index is 872. The number of hydrogen-bond acceptors (Lipinski definition) is 4. The first-order valence-corrected chi connectivity index (χ1v) is 8.92. The molecule has 0 aliphatic rings. The number of nitrogens with one attached hydrogen (secondary N) is 1. The summed E-state index contributed by atoms with van der Waals surface area (Å²) in [6, 6.07) is 13.4. The third-order valence-electron chi connectivity index (χ3n) is 3.42. The van der Waals surface area contributed by atoms with Crippen molar-refractivity contribution in [3.8, 4) is 5.75 Å². The molecule has 0 aromatic heterocycles. The molecule has 0 heterocycles. The molecule has 0 saturated carbocycles. The molecule has 0 spiro atoms. The van der Waals surface area contributed by atoms with E-state index in [0.29, 0.717) is 5.69 Å². The smallest absolute Gasteiger partial charge is 0.248 e. The van der Waals surface area contributed by atoms with Crippen LogP contribution < -0.4 is 10.1 Å². The quantitative estimate of drug-likeness (QED) is 0.804. The van der Waals surface area contributed by atoms with Gasteiger partial charge in [0.15, 0.2) is 0 Å². The number of amides is 1. The number of methoxy groups -OCH3 is 1. The zero-order valence-electron chi connectivity index (χ0n) is 14.3. The fourth-order valence-corrected chi connectivity index (χ4v) is 2.96. The first-order valence-electron chi connectivity index (χ1n) is 7.48. The summed E-state index contributed by atoms with van der Waals surface area (Å²) in [6.45, 7) is 0. The topological polar surface area (TPSA) is 75.7 Å². The van der Waals surface area contributed by atoms with E-state index in [-0.39, 0.29) is 10.8 Å². The van der Waals surface area contributed by atoms with Crippen LogP contribution in [0.1, 0.15) is 5.56 Å². The van der Waals surface area contributed by atoms with E-state index in [4.69, 9.17) is 4.74 Å². The molecule has 0 bridgehead atoms. The maximum absolute atomic E-state index is 12.1. The lowest BCUT2D eigenvalue weighted by atomic mass is 10.2. The second kappa shape index (κ2) is 7.96. The van der Waals surface area contributed by atoms with E-state index in [1.807, 2.05) is 12.1 Å². The highest BCUT2D eigenvalue weighted by Gasteiger charge is 2.17. The number of carbonyl (C=O) groups is 1. The number of ether oxygens (including phenoxy) is 1. The van der Waals surface area contributed by atoms with Crippen LogP contribution in [0, 0.1) is 0 Å². The van der Waals surface area contributed by atoms with Gasteiger partial charge in [0, 0.05) is 25.9 Å². The van der Waals surface area contributed by atoms with Gasteiger partial charge in [-0.05, 0) is 42.0 Å². The fraction of sp³-hybridized carbons (Fsp3) is 0.167. The van der Waals surface area contributed by atoms with Gasteiger partial charge in [0.05, 0.1) is 12.0 Å². The molecule has 0 saturated heterocycles. The van der Waals surface area contributed by atoms with Crippen LogP contribution >= 0.6 is 0 Å². The van der Waals surface area contributed by atoms with Crippen LogP contribution in [0.15, 0.2) is 59.5 Å². The highest BCUT2D eigenvalue weighted by atomic mass is 32.2. The summed E-state index contributed by atoms with van der Waals surface area (Å²) in [5.41, 5.74) is 1.26. The second-order valence-corrected chi connectivity index (χ2v) is 7.56. The van der Waals surface area contributed by atoms with Crippen LogP contribution in [0.25, 0.3) is 6.08 Å². The number of anilines is 1. The van der Waals surface area contributed by atoms with E-state index in [2.05, 4.69) is 5.32 Å². The minimum absolute atomic E-state index is 0.120. The van der Waals surface area contributed by atoms with E-state index in [1.165, 1.54) is 32.3 Å². The van der Waals surface area contributed by atoms with Crippen LogP contribution in [0.5, 0.6) is 5.75 Å². The van der Waals surface area contributed by atoms with Gasteiger partial charge in [0.25, 0.3) is 0 Å². The zero-order chi connectivity index (χ0) is 18.4. The van der Waals surface area contributed by atoms with Crippen molar-refractivity contribution < 1.29 is 17.9 Å². The fourth-order valence-electron chi connectivity index (χ4n) is 2.02. The van der Waals surface area contributed by atoms with Gasteiger partial charge in [0.1, 0.15) is 5.75 Å². The molecule has 25 heavy (non-hydrogen) atoms. The summed E-state index contributed by atoms with van der Waals surface area (Å²) in [7, 11) is 0.954. The van der Waals surface area contributed by atoms with Crippen molar-refractivity contribution in [3.05, 3.63) is 60.2 Å². The minimum Gasteiger partial charge on any atom is -0.497 e. The summed E-state index contributed by atoms with van der Waals surface area (Å²) in [4.78, 5) is 12.1. The molecule has 6 nitrogen and oxygen atoms in total. The van der Waals surface area contributed by atoms with Crippen molar-refractivity contribution in [2.24, 2.45) is 0 Å². The summed E-state index contributed by atoms with van der Waals surface area (Å²) in [5.74, 6) is 0.385. The van der Waals surface area contributed by atoms with Crippen molar-refractivity contribution in [3.63, 3.8) is 0 Å². The maximum Gasteiger partial charge on any atom is 0.248 e. The van der Waals surface area contributed by atoms with E-state index in [0.717, 1.165) is 15.6 Å². The largest absolute Gasteiger partial charge is 0.497 e. The Balaban J connectivity index is 2.09. The summed E-state index contributed by atoms with van der Waals surface area (Å²) in [5, 5.41) is 2.65. The molecule has 2 rings (SSSR count). The van der Waals surface area contributed by atoms with E-state index in [1.54, 1.807) is 37.5 Å². The van der Waals surface area contributed by atoms with Gasteiger partial charge in [0.2, 0.25) is 15.9 Å². The maximum atomic E-state index is 12.1. The highest BCUT2D eigenvalue weighted by molar-refractivity contribution is 7.89. The average molecular weight is 360 g/mol. The molecule has 2 aromatic rings. The van der Waals surface area contributed by atoms with Crippen LogP contribution in [-0.4, -0.2) is 39.8 Å². The minimum atomic E-state index is -3.54. The zero-order valence-corrected chi connectivity index (χ0v) is 15.1. The average Bonchev–Trinajstić information content (AvgIpc) is 2.60. The lowest BCUT2D eigenvalue weighted by Gasteiger charge is -2.12. The molecule has 1 N–H and O–H groups in total. The van der Waals surface area contributed by atoms with Crippen molar-refractivity contribution in [1.82, 2.24) is 4.31 Å². The lowest BCUT2D eigenvalue weighted by Crippen LogP contribution is -2.22. The number of benzene rings is 2. The SMILES string of the molecule is COc1ccc(C=CC(=O)Nc2cccc(S(=O)(=O)N(C)C)c2)cc1. The number of carbonyl (C=O) groups excluding carboxylic acids is 1. The van der Waals surface area contributed by atoms with Crippen LogP contribution in [-0.2, 0) is 14.8 Å². The predicted octanol–water partition coefficient (Wildman–Crippen LogP) is 2.60. The second-order valence-electron chi connectivity index (χ2n) is 5.41. The van der Waals surface area contributed by atoms with E-state index >= 15 is 0 Å². The Morgan fingerprint density at radius 2 is 1.80 bits per heavy atom. The molecule has 1 amide bonds. The Hall–Kier alpha value is -2.64. The molecule has 0 unspecified atom stereocenters. The first kappa shape index (κ1) is 18.7. The third kappa shape index (κ3) is 4.91. The van der Waals surface area contributed by atoms with Gasteiger partial charge >= 0.3 is 0 Å². The van der Waals surface area contributed by atoms with Crippen molar-refractivity contribution >= 4 is 27.7 Å². The van der Waals surface area contributed by atoms with Gasteiger partial charge < -0.3 is 10.1 Å². The van der Waals surface area contributed by atoms with E-state index in [9.17, 15) is 13.2 Å². The first-order chi connectivity index (χ1) is 11.8. The van der Waals surface area contributed by atoms with Crippen LogP contribution in [0.3, 0.4) is 0 Å². The van der Waals surface area contributed by atoms with Crippen LogP contribution in [0.4, 0.5) is 5.69 Å². The third-order valence-corrected chi connectivity index (χ3v) is 5.23. The Labute approximate surface area is 147 Å². The Morgan fingerprint density at radius 3 is 2.40 bits per heavy atom. The molecular formula is C18H20N2O4S. The molecule has 0 aliphatic heterocycles. The van der Waals surface area contributed by atoms with E-state index < -0.39 is 10.0 Å². The molecule has 0 aliphatic carbocycles. The summed E-state index contributed by atoms with van der Waals surface area (Å²) >= 11 is 0. The number of hydrogen-bond donors (Lipinski definition) is 1. The Kier molecular flexibility index (Phi) is 5.95.